The van der Waals surface area contributed by atoms with Gasteiger partial charge in [0.2, 0.25) is 5.88 Å². The largest absolute Gasteiger partial charge is 0.472 e. The normalized spacial score (nSPS) is 18.5. The van der Waals surface area contributed by atoms with Crippen LogP contribution in [0.3, 0.4) is 0 Å². The second-order valence-corrected chi connectivity index (χ2v) is 5.70. The first-order valence-electron chi connectivity index (χ1n) is 7.60. The van der Waals surface area contributed by atoms with Crippen molar-refractivity contribution in [1.29, 1.82) is 0 Å². The van der Waals surface area contributed by atoms with E-state index in [0.29, 0.717) is 24.7 Å². The molecule has 2 atom stereocenters. The third-order valence-corrected chi connectivity index (χ3v) is 3.58. The lowest BCUT2D eigenvalue weighted by atomic mass is 10.0. The van der Waals surface area contributed by atoms with Crippen molar-refractivity contribution in [2.45, 2.75) is 32.4 Å². The monoisotopic (exact) mass is 322 g/mol. The van der Waals surface area contributed by atoms with Gasteiger partial charge in [0.1, 0.15) is 12.1 Å². The molecular formula is C16H22N2O5. The summed E-state index contributed by atoms with van der Waals surface area (Å²) in [5.74, 6) is -0.557. The van der Waals surface area contributed by atoms with Crippen LogP contribution in [0.1, 0.15) is 30.6 Å². The third-order valence-electron chi connectivity index (χ3n) is 3.58. The number of esters is 1. The zero-order chi connectivity index (χ0) is 16.8. The van der Waals surface area contributed by atoms with Crippen LogP contribution in [-0.2, 0) is 14.3 Å². The number of rotatable bonds is 6. The van der Waals surface area contributed by atoms with Crippen molar-refractivity contribution in [2.24, 2.45) is 5.92 Å². The van der Waals surface area contributed by atoms with Crippen molar-refractivity contribution in [3.63, 3.8) is 0 Å². The van der Waals surface area contributed by atoms with Crippen LogP contribution in [0.2, 0.25) is 0 Å². The van der Waals surface area contributed by atoms with Gasteiger partial charge in [-0.05, 0) is 12.0 Å². The molecule has 2 heterocycles. The van der Waals surface area contributed by atoms with Gasteiger partial charge in [-0.15, -0.1) is 0 Å². The van der Waals surface area contributed by atoms with Gasteiger partial charge in [-0.1, -0.05) is 13.8 Å². The SMILES string of the molecule is COC(=O)C(NC(=O)c1ccnc(OC2CCOC2)c1)C(C)C. The van der Waals surface area contributed by atoms with Crippen LogP contribution in [0, 0.1) is 5.92 Å². The molecule has 1 amide bonds. The fourth-order valence-corrected chi connectivity index (χ4v) is 2.24. The summed E-state index contributed by atoms with van der Waals surface area (Å²) >= 11 is 0. The van der Waals surface area contributed by atoms with E-state index in [2.05, 4.69) is 10.3 Å². The van der Waals surface area contributed by atoms with E-state index in [1.165, 1.54) is 13.3 Å². The van der Waals surface area contributed by atoms with Crippen molar-refractivity contribution in [3.05, 3.63) is 23.9 Å². The second-order valence-electron chi connectivity index (χ2n) is 5.70. The van der Waals surface area contributed by atoms with E-state index in [1.54, 1.807) is 12.1 Å². The Balaban J connectivity index is 2.04. The first-order valence-corrected chi connectivity index (χ1v) is 7.60. The van der Waals surface area contributed by atoms with Crippen LogP contribution >= 0.6 is 0 Å². The van der Waals surface area contributed by atoms with Crippen molar-refractivity contribution in [3.8, 4) is 5.88 Å². The van der Waals surface area contributed by atoms with Crippen molar-refractivity contribution >= 4 is 11.9 Å². The van der Waals surface area contributed by atoms with Crippen molar-refractivity contribution in [1.82, 2.24) is 10.3 Å². The summed E-state index contributed by atoms with van der Waals surface area (Å²) in [6, 6.07) is 2.43. The number of carbonyl (C=O) groups is 2. The van der Waals surface area contributed by atoms with Crippen LogP contribution < -0.4 is 10.1 Å². The van der Waals surface area contributed by atoms with Crippen molar-refractivity contribution < 1.29 is 23.8 Å². The average Bonchev–Trinajstić information content (AvgIpc) is 3.04. The first kappa shape index (κ1) is 17.2. The molecule has 1 fully saturated rings. The summed E-state index contributed by atoms with van der Waals surface area (Å²) in [5, 5.41) is 2.68. The molecule has 7 nitrogen and oxygen atoms in total. The fourth-order valence-electron chi connectivity index (χ4n) is 2.24. The molecule has 23 heavy (non-hydrogen) atoms. The molecule has 1 aliphatic rings. The summed E-state index contributed by atoms with van der Waals surface area (Å²) in [6.45, 7) is 4.86. The van der Waals surface area contributed by atoms with Gasteiger partial charge < -0.3 is 19.5 Å². The minimum absolute atomic E-state index is 0.0423. The van der Waals surface area contributed by atoms with E-state index in [4.69, 9.17) is 14.2 Å². The van der Waals surface area contributed by atoms with Crippen LogP contribution in [0.5, 0.6) is 5.88 Å². The van der Waals surface area contributed by atoms with Crippen LogP contribution in [0.15, 0.2) is 18.3 Å². The maximum atomic E-state index is 12.3. The minimum atomic E-state index is -0.701. The highest BCUT2D eigenvalue weighted by Crippen LogP contribution is 2.16. The lowest BCUT2D eigenvalue weighted by molar-refractivity contribution is -0.144. The summed E-state index contributed by atoms with van der Waals surface area (Å²) in [4.78, 5) is 28.2. The molecule has 7 heteroatoms. The molecule has 0 radical (unpaired) electrons. The topological polar surface area (TPSA) is 86.8 Å². The Morgan fingerprint density at radius 1 is 1.43 bits per heavy atom. The summed E-state index contributed by atoms with van der Waals surface area (Å²) in [5.41, 5.74) is 0.378. The predicted octanol–water partition coefficient (Wildman–Crippen LogP) is 1.18. The van der Waals surface area contributed by atoms with Gasteiger partial charge in [-0.3, -0.25) is 4.79 Å². The number of ether oxygens (including phenoxy) is 3. The highest BCUT2D eigenvalue weighted by molar-refractivity contribution is 5.97. The second kappa shape index (κ2) is 7.92. The van der Waals surface area contributed by atoms with Gasteiger partial charge in [0.25, 0.3) is 5.91 Å². The highest BCUT2D eigenvalue weighted by atomic mass is 16.5. The molecule has 126 valence electrons. The Bertz CT molecular complexity index is 555. The molecule has 0 saturated carbocycles. The molecule has 1 aromatic heterocycles. The van der Waals surface area contributed by atoms with Gasteiger partial charge in [-0.25, -0.2) is 9.78 Å². The molecule has 1 saturated heterocycles. The number of amides is 1. The molecule has 1 aromatic rings. The van der Waals surface area contributed by atoms with Crippen LogP contribution in [-0.4, -0.2) is 49.3 Å². The Morgan fingerprint density at radius 3 is 2.83 bits per heavy atom. The van der Waals surface area contributed by atoms with Gasteiger partial charge in [0.05, 0.1) is 20.3 Å². The summed E-state index contributed by atoms with van der Waals surface area (Å²) in [6.07, 6.45) is 2.26. The summed E-state index contributed by atoms with van der Waals surface area (Å²) in [7, 11) is 1.30. The highest BCUT2D eigenvalue weighted by Gasteiger charge is 2.25. The number of nitrogens with zero attached hydrogens (tertiary/aromatic N) is 1. The third kappa shape index (κ3) is 4.66. The average molecular weight is 322 g/mol. The number of hydrogen-bond acceptors (Lipinski definition) is 6. The Hall–Kier alpha value is -2.15. The van der Waals surface area contributed by atoms with E-state index in [0.717, 1.165) is 6.42 Å². The maximum absolute atomic E-state index is 12.3. The van der Waals surface area contributed by atoms with Gasteiger partial charge in [0.15, 0.2) is 0 Å². The van der Waals surface area contributed by atoms with E-state index in [-0.39, 0.29) is 17.9 Å². The quantitative estimate of drug-likeness (QED) is 0.791. The fraction of sp³-hybridized carbons (Fsp3) is 0.562. The van der Waals surface area contributed by atoms with E-state index in [9.17, 15) is 9.59 Å². The number of nitrogens with one attached hydrogen (secondary N) is 1. The molecule has 0 bridgehead atoms. The molecule has 1 aliphatic heterocycles. The number of aromatic nitrogens is 1. The molecule has 1 N–H and O–H groups in total. The predicted molar refractivity (Wildman–Crippen MR) is 82.2 cm³/mol. The Labute approximate surface area is 135 Å². The molecule has 2 unspecified atom stereocenters. The lowest BCUT2D eigenvalue weighted by Crippen LogP contribution is -2.45. The van der Waals surface area contributed by atoms with Crippen LogP contribution in [0.25, 0.3) is 0 Å². The summed E-state index contributed by atoms with van der Waals surface area (Å²) < 4.78 is 15.6. The standard InChI is InChI=1S/C16H22N2O5/c1-10(2)14(16(20)21-3)18-15(19)11-4-6-17-13(8-11)23-12-5-7-22-9-12/h4,6,8,10,12,14H,5,7,9H2,1-3H3,(H,18,19). The first-order chi connectivity index (χ1) is 11.0. The maximum Gasteiger partial charge on any atom is 0.328 e. The van der Waals surface area contributed by atoms with E-state index in [1.807, 2.05) is 13.8 Å². The Kier molecular flexibility index (Phi) is 5.92. The van der Waals surface area contributed by atoms with Gasteiger partial charge in [0, 0.05) is 24.2 Å². The van der Waals surface area contributed by atoms with Gasteiger partial charge >= 0.3 is 5.97 Å². The Morgan fingerprint density at radius 2 is 2.22 bits per heavy atom. The number of pyridine rings is 1. The number of carbonyl (C=O) groups excluding carboxylic acids is 2. The number of hydrogen-bond donors (Lipinski definition) is 1. The molecule has 0 aliphatic carbocycles. The number of methoxy groups -OCH3 is 1. The lowest BCUT2D eigenvalue weighted by Gasteiger charge is -2.20. The molecular weight excluding hydrogens is 300 g/mol. The van der Waals surface area contributed by atoms with E-state index >= 15 is 0 Å². The minimum Gasteiger partial charge on any atom is -0.472 e. The molecule has 2 rings (SSSR count). The molecule has 0 aromatic carbocycles. The zero-order valence-electron chi connectivity index (χ0n) is 13.6. The van der Waals surface area contributed by atoms with Gasteiger partial charge in [-0.2, -0.15) is 0 Å². The van der Waals surface area contributed by atoms with Crippen molar-refractivity contribution in [2.75, 3.05) is 20.3 Å². The van der Waals surface area contributed by atoms with E-state index < -0.39 is 12.0 Å². The smallest absolute Gasteiger partial charge is 0.328 e. The zero-order valence-corrected chi connectivity index (χ0v) is 13.6. The molecule has 0 spiro atoms. The van der Waals surface area contributed by atoms with Crippen LogP contribution in [0.4, 0.5) is 0 Å².